The van der Waals surface area contributed by atoms with E-state index in [-0.39, 0.29) is 11.8 Å². The zero-order chi connectivity index (χ0) is 17.8. The molecule has 0 aromatic heterocycles. The summed E-state index contributed by atoms with van der Waals surface area (Å²) in [7, 11) is 0. The number of likely N-dealkylation sites (tertiary alicyclic amines) is 1. The van der Waals surface area contributed by atoms with Crippen LogP contribution in [-0.4, -0.2) is 29.8 Å². The molecule has 0 spiro atoms. The predicted molar refractivity (Wildman–Crippen MR) is 103 cm³/mol. The lowest BCUT2D eigenvalue weighted by Gasteiger charge is -2.26. The number of halogens is 1. The zero-order valence-electron chi connectivity index (χ0n) is 14.2. The van der Waals surface area contributed by atoms with Crippen molar-refractivity contribution < 1.29 is 9.59 Å². The molecular formula is C20H21BrN2O2. The fraction of sp³-hybridized carbons (Fsp3) is 0.300. The smallest absolute Gasteiger partial charge is 0.255 e. The number of nitrogens with one attached hydrogen (secondary N) is 1. The van der Waals surface area contributed by atoms with Gasteiger partial charge >= 0.3 is 0 Å². The fourth-order valence-electron chi connectivity index (χ4n) is 2.95. The number of hydrogen-bond acceptors (Lipinski definition) is 2. The molecule has 0 unspecified atom stereocenters. The predicted octanol–water partition coefficient (Wildman–Crippen LogP) is 4.64. The van der Waals surface area contributed by atoms with Gasteiger partial charge in [0, 0.05) is 34.4 Å². The molecule has 1 aliphatic rings. The van der Waals surface area contributed by atoms with Crippen LogP contribution in [-0.2, 0) is 0 Å². The maximum Gasteiger partial charge on any atom is 0.255 e. The number of carbonyl (C=O) groups is 2. The molecule has 130 valence electrons. The molecule has 1 fully saturated rings. The van der Waals surface area contributed by atoms with Gasteiger partial charge in [-0.15, -0.1) is 0 Å². The van der Waals surface area contributed by atoms with Gasteiger partial charge in [0.05, 0.1) is 0 Å². The van der Waals surface area contributed by atoms with Crippen LogP contribution < -0.4 is 5.32 Å². The van der Waals surface area contributed by atoms with Gasteiger partial charge in [-0.3, -0.25) is 9.59 Å². The molecule has 4 nitrogen and oxygen atoms in total. The summed E-state index contributed by atoms with van der Waals surface area (Å²) in [6.45, 7) is 3.60. The molecule has 2 amide bonds. The number of nitrogens with zero attached hydrogens (tertiary/aromatic N) is 1. The second kappa shape index (κ2) is 7.83. The number of rotatable bonds is 3. The van der Waals surface area contributed by atoms with E-state index in [1.165, 1.54) is 6.42 Å². The summed E-state index contributed by atoms with van der Waals surface area (Å²) in [4.78, 5) is 26.9. The summed E-state index contributed by atoms with van der Waals surface area (Å²) >= 11 is 3.44. The Hall–Kier alpha value is -2.14. The van der Waals surface area contributed by atoms with Gasteiger partial charge in [0.15, 0.2) is 0 Å². The highest BCUT2D eigenvalue weighted by atomic mass is 79.9. The summed E-state index contributed by atoms with van der Waals surface area (Å²) in [5.74, 6) is -0.155. The van der Waals surface area contributed by atoms with E-state index in [9.17, 15) is 9.59 Å². The highest BCUT2D eigenvalue weighted by molar-refractivity contribution is 9.10. The van der Waals surface area contributed by atoms with Gasteiger partial charge in [0.2, 0.25) is 0 Å². The lowest BCUT2D eigenvalue weighted by atomic mass is 10.1. The summed E-state index contributed by atoms with van der Waals surface area (Å²) < 4.78 is 0.897. The third-order valence-corrected chi connectivity index (χ3v) is 5.30. The SMILES string of the molecule is Cc1ccc(C(=O)Nc2cccc(C(=O)N3CCCCC3)c2)cc1Br. The third kappa shape index (κ3) is 4.28. The maximum absolute atomic E-state index is 12.6. The molecule has 0 radical (unpaired) electrons. The van der Waals surface area contributed by atoms with Gasteiger partial charge in [0.1, 0.15) is 0 Å². The largest absolute Gasteiger partial charge is 0.339 e. The Labute approximate surface area is 156 Å². The lowest BCUT2D eigenvalue weighted by molar-refractivity contribution is 0.0724. The summed E-state index contributed by atoms with van der Waals surface area (Å²) in [5, 5.41) is 2.87. The third-order valence-electron chi connectivity index (χ3n) is 4.44. The van der Waals surface area contributed by atoms with E-state index < -0.39 is 0 Å². The number of amides is 2. The first-order valence-corrected chi connectivity index (χ1v) is 9.31. The van der Waals surface area contributed by atoms with Gasteiger partial charge in [-0.25, -0.2) is 0 Å². The maximum atomic E-state index is 12.6. The van der Waals surface area contributed by atoms with Crippen LogP contribution in [0.25, 0.3) is 0 Å². The second-order valence-corrected chi connectivity index (χ2v) is 7.21. The van der Waals surface area contributed by atoms with Crippen molar-refractivity contribution in [2.45, 2.75) is 26.2 Å². The van der Waals surface area contributed by atoms with E-state index in [0.29, 0.717) is 16.8 Å². The van der Waals surface area contributed by atoms with Gasteiger partial charge in [-0.2, -0.15) is 0 Å². The molecule has 1 N–H and O–H groups in total. The molecule has 2 aromatic rings. The van der Waals surface area contributed by atoms with E-state index in [4.69, 9.17) is 0 Å². The van der Waals surface area contributed by atoms with Gasteiger partial charge in [-0.05, 0) is 62.1 Å². The van der Waals surface area contributed by atoms with Crippen LogP contribution in [0.5, 0.6) is 0 Å². The van der Waals surface area contributed by atoms with E-state index in [0.717, 1.165) is 36.0 Å². The molecule has 25 heavy (non-hydrogen) atoms. The van der Waals surface area contributed by atoms with Gasteiger partial charge < -0.3 is 10.2 Å². The molecular weight excluding hydrogens is 380 g/mol. The molecule has 1 aliphatic heterocycles. The van der Waals surface area contributed by atoms with Crippen molar-refractivity contribution in [2.24, 2.45) is 0 Å². The molecule has 0 bridgehead atoms. The van der Waals surface area contributed by atoms with E-state index in [1.807, 2.05) is 17.9 Å². The number of hydrogen-bond donors (Lipinski definition) is 1. The first kappa shape index (κ1) is 17.7. The minimum atomic E-state index is -0.191. The number of aryl methyl sites for hydroxylation is 1. The van der Waals surface area contributed by atoms with Gasteiger partial charge in [-0.1, -0.05) is 28.1 Å². The molecule has 3 rings (SSSR count). The second-order valence-electron chi connectivity index (χ2n) is 6.35. The normalized spacial score (nSPS) is 14.2. The van der Waals surface area contributed by atoms with Gasteiger partial charge in [0.25, 0.3) is 11.8 Å². The molecule has 2 aromatic carbocycles. The van der Waals surface area contributed by atoms with Crippen LogP contribution in [0.1, 0.15) is 45.5 Å². The molecule has 1 heterocycles. The van der Waals surface area contributed by atoms with Crippen molar-refractivity contribution in [2.75, 3.05) is 18.4 Å². The Morgan fingerprint density at radius 1 is 1.00 bits per heavy atom. The van der Waals surface area contributed by atoms with E-state index in [2.05, 4.69) is 21.2 Å². The minimum absolute atomic E-state index is 0.0360. The van der Waals surface area contributed by atoms with Crippen molar-refractivity contribution in [1.82, 2.24) is 4.90 Å². The van der Waals surface area contributed by atoms with Crippen molar-refractivity contribution in [3.05, 3.63) is 63.6 Å². The number of benzene rings is 2. The zero-order valence-corrected chi connectivity index (χ0v) is 15.8. The summed E-state index contributed by atoms with van der Waals surface area (Å²) in [6, 6.07) is 12.6. The minimum Gasteiger partial charge on any atom is -0.339 e. The average molecular weight is 401 g/mol. The highest BCUT2D eigenvalue weighted by Crippen LogP contribution is 2.20. The Bertz CT molecular complexity index is 798. The lowest BCUT2D eigenvalue weighted by Crippen LogP contribution is -2.35. The van der Waals surface area contributed by atoms with Crippen molar-refractivity contribution in [3.63, 3.8) is 0 Å². The Kier molecular flexibility index (Phi) is 5.53. The van der Waals surface area contributed by atoms with Crippen LogP contribution in [0.2, 0.25) is 0 Å². The van der Waals surface area contributed by atoms with Crippen LogP contribution in [0.4, 0.5) is 5.69 Å². The average Bonchev–Trinajstić information content (AvgIpc) is 2.64. The molecule has 5 heteroatoms. The number of anilines is 1. The fourth-order valence-corrected chi connectivity index (χ4v) is 3.33. The quantitative estimate of drug-likeness (QED) is 0.815. The van der Waals surface area contributed by atoms with Crippen LogP contribution in [0.15, 0.2) is 46.9 Å². The monoisotopic (exact) mass is 400 g/mol. The molecule has 0 aliphatic carbocycles. The molecule has 1 saturated heterocycles. The van der Waals surface area contributed by atoms with Crippen LogP contribution in [0, 0.1) is 6.92 Å². The highest BCUT2D eigenvalue weighted by Gasteiger charge is 2.18. The van der Waals surface area contributed by atoms with E-state index in [1.54, 1.807) is 36.4 Å². The first-order chi connectivity index (χ1) is 12.0. The molecule has 0 atom stereocenters. The Morgan fingerprint density at radius 3 is 2.48 bits per heavy atom. The topological polar surface area (TPSA) is 49.4 Å². The van der Waals surface area contributed by atoms with E-state index >= 15 is 0 Å². The summed E-state index contributed by atoms with van der Waals surface area (Å²) in [5.41, 5.74) is 2.89. The summed E-state index contributed by atoms with van der Waals surface area (Å²) in [6.07, 6.45) is 3.31. The number of piperidine rings is 1. The van der Waals surface area contributed by atoms with Crippen molar-refractivity contribution in [3.8, 4) is 0 Å². The van der Waals surface area contributed by atoms with Crippen molar-refractivity contribution in [1.29, 1.82) is 0 Å². The van der Waals surface area contributed by atoms with Crippen LogP contribution >= 0.6 is 15.9 Å². The first-order valence-electron chi connectivity index (χ1n) is 8.51. The Balaban J connectivity index is 1.73. The Morgan fingerprint density at radius 2 is 1.76 bits per heavy atom. The molecule has 0 saturated carbocycles. The van der Waals surface area contributed by atoms with Crippen LogP contribution in [0.3, 0.4) is 0 Å². The number of carbonyl (C=O) groups excluding carboxylic acids is 2. The standard InChI is InChI=1S/C20H21BrN2O2/c1-14-8-9-15(13-18(14)21)19(24)22-17-7-5-6-16(12-17)20(25)23-10-3-2-4-11-23/h5-9,12-13H,2-4,10-11H2,1H3,(H,22,24). The van der Waals surface area contributed by atoms with Crippen molar-refractivity contribution >= 4 is 33.4 Å².